The maximum absolute atomic E-state index is 13.1. The fraction of sp³-hybridized carbons (Fsp3) is 0.174. The van der Waals surface area contributed by atoms with E-state index in [2.05, 4.69) is 4.98 Å². The van der Waals surface area contributed by atoms with Crippen LogP contribution in [-0.2, 0) is 6.54 Å². The van der Waals surface area contributed by atoms with E-state index < -0.39 is 10.5 Å². The number of aryl methyl sites for hydroxylation is 2. The molecule has 4 aromatic rings. The number of carbonyl (C=O) groups is 1. The molecule has 0 spiro atoms. The lowest BCUT2D eigenvalue weighted by molar-refractivity contribution is -0.384. The molecule has 0 bridgehead atoms. The predicted octanol–water partition coefficient (Wildman–Crippen LogP) is 3.90. The quantitative estimate of drug-likeness (QED) is 0.279. The van der Waals surface area contributed by atoms with Gasteiger partial charge in [-0.05, 0) is 44.5 Å². The van der Waals surface area contributed by atoms with Crippen molar-refractivity contribution in [3.05, 3.63) is 97.8 Å². The minimum absolute atomic E-state index is 0.106. The third-order valence-electron chi connectivity index (χ3n) is 5.42. The standard InChI is InChI=1S/C23H20N4O4/c1-14-6-4-5-7-21(14)26-15(2)10-18(16(26)3)22(28)12-25-13-24-20-9-8-17(27(30)31)11-19(20)23(25)29/h4-11,13H,12H2,1-3H3. The number of Topliss-reactive ketones (excluding diaryl/α,β-unsaturated/α-hetero) is 1. The summed E-state index contributed by atoms with van der Waals surface area (Å²) in [7, 11) is 0. The van der Waals surface area contributed by atoms with E-state index in [9.17, 15) is 19.7 Å². The van der Waals surface area contributed by atoms with Gasteiger partial charge in [-0.2, -0.15) is 0 Å². The van der Waals surface area contributed by atoms with Gasteiger partial charge < -0.3 is 4.57 Å². The number of aromatic nitrogens is 3. The van der Waals surface area contributed by atoms with Gasteiger partial charge in [0.2, 0.25) is 0 Å². The molecule has 0 saturated carbocycles. The first-order valence-corrected chi connectivity index (χ1v) is 9.69. The van der Waals surface area contributed by atoms with Crippen LogP contribution in [0.15, 0.2) is 59.7 Å². The van der Waals surface area contributed by atoms with Crippen LogP contribution in [-0.4, -0.2) is 24.8 Å². The minimum atomic E-state index is -0.568. The molecule has 0 aliphatic heterocycles. The lowest BCUT2D eigenvalue weighted by Gasteiger charge is -2.12. The van der Waals surface area contributed by atoms with E-state index in [4.69, 9.17) is 0 Å². The van der Waals surface area contributed by atoms with Crippen molar-refractivity contribution in [1.29, 1.82) is 0 Å². The number of nitro groups is 1. The highest BCUT2D eigenvalue weighted by Gasteiger charge is 2.19. The molecule has 0 atom stereocenters. The third kappa shape index (κ3) is 3.52. The lowest BCUT2D eigenvalue weighted by Crippen LogP contribution is -2.25. The van der Waals surface area contributed by atoms with Crippen LogP contribution in [0.25, 0.3) is 16.6 Å². The van der Waals surface area contributed by atoms with Gasteiger partial charge in [0.15, 0.2) is 5.78 Å². The first kappa shape index (κ1) is 20.2. The zero-order chi connectivity index (χ0) is 22.3. The predicted molar refractivity (Wildman–Crippen MR) is 117 cm³/mol. The van der Waals surface area contributed by atoms with Crippen molar-refractivity contribution in [2.24, 2.45) is 0 Å². The van der Waals surface area contributed by atoms with Crippen molar-refractivity contribution in [3.63, 3.8) is 0 Å². The number of carbonyl (C=O) groups excluding carboxylic acids is 1. The summed E-state index contributed by atoms with van der Waals surface area (Å²) in [6, 6.07) is 13.6. The van der Waals surface area contributed by atoms with Gasteiger partial charge in [0.05, 0.1) is 28.7 Å². The topological polar surface area (TPSA) is 100 Å². The molecule has 156 valence electrons. The Balaban J connectivity index is 1.72. The molecule has 0 unspecified atom stereocenters. The first-order chi connectivity index (χ1) is 14.8. The van der Waals surface area contributed by atoms with Crippen LogP contribution in [0.3, 0.4) is 0 Å². The monoisotopic (exact) mass is 416 g/mol. The number of non-ortho nitro benzene ring substituents is 1. The van der Waals surface area contributed by atoms with Crippen LogP contribution >= 0.6 is 0 Å². The summed E-state index contributed by atoms with van der Waals surface area (Å²) in [6.45, 7) is 5.61. The number of para-hydroxylation sites is 1. The zero-order valence-electron chi connectivity index (χ0n) is 17.3. The van der Waals surface area contributed by atoms with Gasteiger partial charge in [-0.15, -0.1) is 0 Å². The van der Waals surface area contributed by atoms with Gasteiger partial charge in [0.25, 0.3) is 11.2 Å². The molecule has 0 aliphatic rings. The van der Waals surface area contributed by atoms with Crippen LogP contribution < -0.4 is 5.56 Å². The Hall–Kier alpha value is -4.07. The number of benzene rings is 2. The van der Waals surface area contributed by atoms with E-state index >= 15 is 0 Å². The molecule has 2 heterocycles. The van der Waals surface area contributed by atoms with Crippen molar-refractivity contribution < 1.29 is 9.72 Å². The van der Waals surface area contributed by atoms with E-state index in [1.165, 1.54) is 29.1 Å². The van der Waals surface area contributed by atoms with E-state index in [1.54, 1.807) is 0 Å². The number of nitrogens with zero attached hydrogens (tertiary/aromatic N) is 4. The molecular weight excluding hydrogens is 396 g/mol. The number of fused-ring (bicyclic) bond motifs is 1. The molecule has 2 aromatic carbocycles. The fourth-order valence-corrected chi connectivity index (χ4v) is 3.84. The fourth-order valence-electron chi connectivity index (χ4n) is 3.84. The molecule has 0 radical (unpaired) electrons. The molecule has 0 aliphatic carbocycles. The van der Waals surface area contributed by atoms with Gasteiger partial charge in [0.1, 0.15) is 0 Å². The smallest absolute Gasteiger partial charge is 0.270 e. The van der Waals surface area contributed by atoms with Crippen molar-refractivity contribution in [2.45, 2.75) is 27.3 Å². The van der Waals surface area contributed by atoms with E-state index in [0.29, 0.717) is 11.1 Å². The van der Waals surface area contributed by atoms with Crippen molar-refractivity contribution >= 4 is 22.4 Å². The second kappa shape index (κ2) is 7.64. The van der Waals surface area contributed by atoms with Gasteiger partial charge >= 0.3 is 0 Å². The lowest BCUT2D eigenvalue weighted by atomic mass is 10.1. The highest BCUT2D eigenvalue weighted by atomic mass is 16.6. The van der Waals surface area contributed by atoms with Crippen LogP contribution in [0.4, 0.5) is 5.69 Å². The van der Waals surface area contributed by atoms with Gasteiger partial charge in [0, 0.05) is 34.8 Å². The van der Waals surface area contributed by atoms with Crippen LogP contribution in [0.2, 0.25) is 0 Å². The Morgan fingerprint density at radius 2 is 1.84 bits per heavy atom. The maximum atomic E-state index is 13.1. The van der Waals surface area contributed by atoms with E-state index in [0.717, 1.165) is 22.6 Å². The van der Waals surface area contributed by atoms with Crippen LogP contribution in [0.1, 0.15) is 27.3 Å². The molecule has 0 amide bonds. The second-order valence-corrected chi connectivity index (χ2v) is 7.47. The van der Waals surface area contributed by atoms with Crippen molar-refractivity contribution in [1.82, 2.24) is 14.1 Å². The Morgan fingerprint density at radius 3 is 2.55 bits per heavy atom. The Bertz CT molecular complexity index is 1420. The summed E-state index contributed by atoms with van der Waals surface area (Å²) in [4.78, 5) is 40.6. The van der Waals surface area contributed by atoms with Crippen LogP contribution in [0, 0.1) is 30.9 Å². The highest BCUT2D eigenvalue weighted by Crippen LogP contribution is 2.24. The van der Waals surface area contributed by atoms with Crippen molar-refractivity contribution in [3.8, 4) is 5.69 Å². The SMILES string of the molecule is Cc1ccccc1-n1c(C)cc(C(=O)Cn2cnc3ccc([N+](=O)[O-])cc3c2=O)c1C. The minimum Gasteiger partial charge on any atom is -0.317 e. The van der Waals surface area contributed by atoms with Gasteiger partial charge in [-0.25, -0.2) is 4.98 Å². The average Bonchev–Trinajstić information content (AvgIpc) is 3.04. The molecule has 0 saturated heterocycles. The zero-order valence-corrected chi connectivity index (χ0v) is 17.3. The van der Waals surface area contributed by atoms with E-state index in [-0.39, 0.29) is 23.4 Å². The van der Waals surface area contributed by atoms with Gasteiger partial charge in [-0.1, -0.05) is 18.2 Å². The Morgan fingerprint density at radius 1 is 1.10 bits per heavy atom. The average molecular weight is 416 g/mol. The third-order valence-corrected chi connectivity index (χ3v) is 5.42. The summed E-state index contributed by atoms with van der Waals surface area (Å²) >= 11 is 0. The van der Waals surface area contributed by atoms with E-state index in [1.807, 2.05) is 55.7 Å². The summed E-state index contributed by atoms with van der Waals surface area (Å²) in [5, 5.41) is 11.1. The number of nitro benzene ring substituents is 1. The number of hydrogen-bond donors (Lipinski definition) is 0. The molecular formula is C23H20N4O4. The van der Waals surface area contributed by atoms with Crippen LogP contribution in [0.5, 0.6) is 0 Å². The second-order valence-electron chi connectivity index (χ2n) is 7.47. The number of ketones is 1. The number of hydrogen-bond acceptors (Lipinski definition) is 5. The summed E-state index contributed by atoms with van der Waals surface area (Å²) in [6.07, 6.45) is 1.30. The molecule has 2 aromatic heterocycles. The molecule has 31 heavy (non-hydrogen) atoms. The van der Waals surface area contributed by atoms with Crippen molar-refractivity contribution in [2.75, 3.05) is 0 Å². The molecule has 8 heteroatoms. The molecule has 0 fully saturated rings. The Kier molecular flexibility index (Phi) is 4.98. The maximum Gasteiger partial charge on any atom is 0.270 e. The summed E-state index contributed by atoms with van der Waals surface area (Å²) < 4.78 is 3.21. The first-order valence-electron chi connectivity index (χ1n) is 9.69. The Labute approximate surface area is 177 Å². The number of rotatable bonds is 5. The van der Waals surface area contributed by atoms with Gasteiger partial charge in [-0.3, -0.25) is 24.3 Å². The molecule has 8 nitrogen and oxygen atoms in total. The largest absolute Gasteiger partial charge is 0.317 e. The summed E-state index contributed by atoms with van der Waals surface area (Å²) in [5.41, 5.74) is 3.95. The molecule has 0 N–H and O–H groups in total. The normalized spacial score (nSPS) is 11.1. The highest BCUT2D eigenvalue weighted by molar-refractivity contribution is 5.97. The summed E-state index contributed by atoms with van der Waals surface area (Å²) in [5.74, 6) is -0.235. The molecule has 4 rings (SSSR count).